The number of hydrogen-bond donors (Lipinski definition) is 0. The van der Waals surface area contributed by atoms with Crippen LogP contribution in [-0.4, -0.2) is 35.9 Å². The molecule has 0 atom stereocenters. The van der Waals surface area contributed by atoms with E-state index in [2.05, 4.69) is 16.0 Å². The minimum atomic E-state index is 0.0671. The van der Waals surface area contributed by atoms with Crippen molar-refractivity contribution in [1.29, 1.82) is 0 Å². The minimum Gasteiger partial charge on any atom is -0.305 e. The molecule has 3 rings (SSSR count). The number of rotatable bonds is 5. The molecule has 0 N–H and O–H groups in total. The third-order valence-corrected chi connectivity index (χ3v) is 4.57. The van der Waals surface area contributed by atoms with Crippen LogP contribution < -0.4 is 4.90 Å². The van der Waals surface area contributed by atoms with Gasteiger partial charge in [0.15, 0.2) is 5.13 Å². The lowest BCUT2D eigenvalue weighted by molar-refractivity contribution is 0.0985. The van der Waals surface area contributed by atoms with Gasteiger partial charge in [0.05, 0.1) is 5.69 Å². The van der Waals surface area contributed by atoms with E-state index in [-0.39, 0.29) is 5.91 Å². The Morgan fingerprint density at radius 3 is 2.73 bits per heavy atom. The largest absolute Gasteiger partial charge is 0.305 e. The van der Waals surface area contributed by atoms with Gasteiger partial charge in [-0.25, -0.2) is 4.98 Å². The second kappa shape index (κ2) is 6.18. The van der Waals surface area contributed by atoms with Crippen LogP contribution in [0.4, 0.5) is 5.13 Å². The van der Waals surface area contributed by atoms with Crippen molar-refractivity contribution in [3.05, 3.63) is 46.5 Å². The summed E-state index contributed by atoms with van der Waals surface area (Å²) in [6.45, 7) is 2.80. The van der Waals surface area contributed by atoms with Gasteiger partial charge in [-0.2, -0.15) is 0 Å². The van der Waals surface area contributed by atoms with Gasteiger partial charge in [-0.05, 0) is 51.6 Å². The molecule has 0 radical (unpaired) electrons. The molecule has 0 unspecified atom stereocenters. The summed E-state index contributed by atoms with van der Waals surface area (Å²) in [6.07, 6.45) is 2.14. The highest BCUT2D eigenvalue weighted by Gasteiger charge is 2.35. The normalized spacial score (nSPS) is 14.4. The molecule has 2 aromatic rings. The average Bonchev–Trinajstić information content (AvgIpc) is 3.20. The first-order valence-electron chi connectivity index (χ1n) is 7.54. The number of hydrogen-bond acceptors (Lipinski definition) is 4. The minimum absolute atomic E-state index is 0.0671. The quantitative estimate of drug-likeness (QED) is 0.849. The van der Waals surface area contributed by atoms with E-state index < -0.39 is 0 Å². The van der Waals surface area contributed by atoms with Crippen LogP contribution in [0.1, 0.15) is 34.5 Å². The SMILES string of the molecule is Cc1csc(N(C(=O)c2cccc(CN(C)C)c2)C2CC2)n1. The second-order valence-electron chi connectivity index (χ2n) is 6.12. The molecule has 5 heteroatoms. The zero-order chi connectivity index (χ0) is 15.7. The van der Waals surface area contributed by atoms with Gasteiger partial charge < -0.3 is 4.90 Å². The van der Waals surface area contributed by atoms with Crippen LogP contribution in [0.5, 0.6) is 0 Å². The van der Waals surface area contributed by atoms with Crippen LogP contribution in [0, 0.1) is 6.92 Å². The molecule has 1 aromatic carbocycles. The number of thiazole rings is 1. The van der Waals surface area contributed by atoms with E-state index >= 15 is 0 Å². The van der Waals surface area contributed by atoms with Crippen LogP contribution in [-0.2, 0) is 6.54 Å². The summed E-state index contributed by atoms with van der Waals surface area (Å²) in [7, 11) is 4.06. The van der Waals surface area contributed by atoms with E-state index in [9.17, 15) is 4.79 Å². The van der Waals surface area contributed by atoms with Crippen LogP contribution in [0.3, 0.4) is 0 Å². The van der Waals surface area contributed by atoms with Crippen molar-refractivity contribution < 1.29 is 4.79 Å². The molecular weight excluding hydrogens is 294 g/mol. The summed E-state index contributed by atoms with van der Waals surface area (Å²) in [5.74, 6) is 0.0671. The monoisotopic (exact) mass is 315 g/mol. The van der Waals surface area contributed by atoms with Gasteiger partial charge in [0.2, 0.25) is 0 Å². The van der Waals surface area contributed by atoms with E-state index in [1.54, 1.807) is 11.3 Å². The van der Waals surface area contributed by atoms with Crippen molar-refractivity contribution in [3.8, 4) is 0 Å². The lowest BCUT2D eigenvalue weighted by atomic mass is 10.1. The molecule has 1 aliphatic rings. The highest BCUT2D eigenvalue weighted by Crippen LogP contribution is 2.34. The van der Waals surface area contributed by atoms with Crippen LogP contribution in [0.25, 0.3) is 0 Å². The Morgan fingerprint density at radius 1 is 1.36 bits per heavy atom. The van der Waals surface area contributed by atoms with Crippen LogP contribution in [0.15, 0.2) is 29.6 Å². The van der Waals surface area contributed by atoms with Crippen molar-refractivity contribution in [2.45, 2.75) is 32.4 Å². The molecule has 1 aliphatic carbocycles. The average molecular weight is 315 g/mol. The van der Waals surface area contributed by atoms with Gasteiger partial charge in [0, 0.05) is 23.5 Å². The first-order valence-corrected chi connectivity index (χ1v) is 8.42. The lowest BCUT2D eigenvalue weighted by Gasteiger charge is -2.20. The number of carbonyl (C=O) groups is 1. The maximum Gasteiger partial charge on any atom is 0.260 e. The molecule has 0 spiro atoms. The van der Waals surface area contributed by atoms with Gasteiger partial charge in [-0.1, -0.05) is 12.1 Å². The van der Waals surface area contributed by atoms with Gasteiger partial charge in [0.1, 0.15) is 0 Å². The summed E-state index contributed by atoms with van der Waals surface area (Å²) < 4.78 is 0. The van der Waals surface area contributed by atoms with Crippen LogP contribution >= 0.6 is 11.3 Å². The Morgan fingerprint density at radius 2 is 2.14 bits per heavy atom. The third-order valence-electron chi connectivity index (χ3n) is 3.62. The second-order valence-corrected chi connectivity index (χ2v) is 6.95. The fourth-order valence-corrected chi connectivity index (χ4v) is 3.37. The Kier molecular flexibility index (Phi) is 4.27. The Hall–Kier alpha value is -1.72. The highest BCUT2D eigenvalue weighted by atomic mass is 32.1. The molecule has 1 fully saturated rings. The summed E-state index contributed by atoms with van der Waals surface area (Å²) >= 11 is 1.55. The molecular formula is C17H21N3OS. The smallest absolute Gasteiger partial charge is 0.260 e. The predicted octanol–water partition coefficient (Wildman–Crippen LogP) is 3.32. The fourth-order valence-electron chi connectivity index (χ4n) is 2.50. The molecule has 0 aliphatic heterocycles. The highest BCUT2D eigenvalue weighted by molar-refractivity contribution is 7.14. The number of amides is 1. The Balaban J connectivity index is 1.87. The molecule has 1 heterocycles. The van der Waals surface area contributed by atoms with Gasteiger partial charge in [0.25, 0.3) is 5.91 Å². The third kappa shape index (κ3) is 3.36. The summed E-state index contributed by atoms with van der Waals surface area (Å²) in [6, 6.07) is 8.24. The van der Waals surface area contributed by atoms with E-state index in [1.807, 2.05) is 49.5 Å². The number of anilines is 1. The molecule has 0 bridgehead atoms. The van der Waals surface area contributed by atoms with Crippen molar-refractivity contribution in [1.82, 2.24) is 9.88 Å². The summed E-state index contributed by atoms with van der Waals surface area (Å²) in [5.41, 5.74) is 2.88. The molecule has 116 valence electrons. The predicted molar refractivity (Wildman–Crippen MR) is 90.5 cm³/mol. The standard InChI is InChI=1S/C17H21N3OS/c1-12-11-22-17(18-12)20(15-7-8-15)16(21)14-6-4-5-13(9-14)10-19(2)3/h4-6,9,11,15H,7-8,10H2,1-3H3. The molecule has 4 nitrogen and oxygen atoms in total. The molecule has 1 aromatic heterocycles. The van der Waals surface area contributed by atoms with E-state index in [0.717, 1.165) is 41.3 Å². The number of carbonyl (C=O) groups excluding carboxylic acids is 1. The molecule has 1 amide bonds. The first kappa shape index (κ1) is 15.2. The summed E-state index contributed by atoms with van der Waals surface area (Å²) in [4.78, 5) is 21.4. The number of aryl methyl sites for hydroxylation is 1. The van der Waals surface area contributed by atoms with Gasteiger partial charge in [-0.15, -0.1) is 11.3 Å². The first-order chi connectivity index (χ1) is 10.5. The van der Waals surface area contributed by atoms with Gasteiger partial charge in [-0.3, -0.25) is 9.69 Å². The van der Waals surface area contributed by atoms with Crippen molar-refractivity contribution in [3.63, 3.8) is 0 Å². The van der Waals surface area contributed by atoms with Crippen molar-refractivity contribution in [2.24, 2.45) is 0 Å². The fraction of sp³-hybridized carbons (Fsp3) is 0.412. The van der Waals surface area contributed by atoms with Crippen LogP contribution in [0.2, 0.25) is 0 Å². The summed E-state index contributed by atoms with van der Waals surface area (Å²) in [5, 5.41) is 2.82. The molecule has 0 saturated heterocycles. The lowest BCUT2D eigenvalue weighted by Crippen LogP contribution is -2.33. The Bertz CT molecular complexity index is 676. The van der Waals surface area contributed by atoms with E-state index in [1.165, 1.54) is 0 Å². The zero-order valence-corrected chi connectivity index (χ0v) is 14.1. The van der Waals surface area contributed by atoms with Crippen molar-refractivity contribution >= 4 is 22.4 Å². The van der Waals surface area contributed by atoms with Gasteiger partial charge >= 0.3 is 0 Å². The maximum atomic E-state index is 13.0. The number of benzene rings is 1. The number of aromatic nitrogens is 1. The number of nitrogens with zero attached hydrogens (tertiary/aromatic N) is 3. The molecule has 1 saturated carbocycles. The Labute approximate surface area is 135 Å². The van der Waals surface area contributed by atoms with E-state index in [4.69, 9.17) is 0 Å². The topological polar surface area (TPSA) is 36.4 Å². The molecule has 22 heavy (non-hydrogen) atoms. The maximum absolute atomic E-state index is 13.0. The zero-order valence-electron chi connectivity index (χ0n) is 13.2. The van der Waals surface area contributed by atoms with Crippen molar-refractivity contribution in [2.75, 3.05) is 19.0 Å². The van der Waals surface area contributed by atoms with E-state index in [0.29, 0.717) is 6.04 Å².